The molecule has 0 heterocycles. The molecule has 0 aliphatic rings. The largest absolute Gasteiger partial charge is 0.481 e. The Morgan fingerprint density at radius 1 is 1.17 bits per heavy atom. The van der Waals surface area contributed by atoms with Crippen molar-refractivity contribution in [2.45, 2.75) is 39.8 Å². The summed E-state index contributed by atoms with van der Waals surface area (Å²) in [4.78, 5) is 11.8. The minimum atomic E-state index is -0.600. The van der Waals surface area contributed by atoms with Crippen molar-refractivity contribution in [3.05, 3.63) is 30.1 Å². The lowest BCUT2D eigenvalue weighted by Crippen LogP contribution is -2.43. The van der Waals surface area contributed by atoms with Crippen LogP contribution in [0, 0.1) is 11.7 Å². The molecule has 1 aromatic rings. The van der Waals surface area contributed by atoms with Gasteiger partial charge in [0.25, 0.3) is 5.91 Å². The Labute approximate surface area is 107 Å². The van der Waals surface area contributed by atoms with Gasteiger partial charge in [-0.3, -0.25) is 4.79 Å². The van der Waals surface area contributed by atoms with E-state index in [0.717, 1.165) is 0 Å². The molecule has 0 saturated carbocycles. The lowest BCUT2D eigenvalue weighted by atomic mass is 10.1. The zero-order valence-electron chi connectivity index (χ0n) is 11.2. The molecule has 1 amide bonds. The molecule has 0 spiro atoms. The molecule has 1 N–H and O–H groups in total. The molecular weight excluding hydrogens is 233 g/mol. The number of rotatable bonds is 5. The van der Waals surface area contributed by atoms with E-state index >= 15 is 0 Å². The molecule has 0 radical (unpaired) electrons. The van der Waals surface area contributed by atoms with Crippen molar-refractivity contribution in [1.29, 1.82) is 0 Å². The molecule has 0 fully saturated rings. The Morgan fingerprint density at radius 3 is 2.22 bits per heavy atom. The minimum absolute atomic E-state index is 0.0942. The first-order valence-electron chi connectivity index (χ1n) is 6.12. The second-order valence-electron chi connectivity index (χ2n) is 4.76. The van der Waals surface area contributed by atoms with Crippen LogP contribution in [-0.4, -0.2) is 18.1 Å². The zero-order valence-corrected chi connectivity index (χ0v) is 11.2. The summed E-state index contributed by atoms with van der Waals surface area (Å²) < 4.78 is 18.1. The molecule has 100 valence electrons. The number of carbonyl (C=O) groups is 1. The van der Waals surface area contributed by atoms with Crippen molar-refractivity contribution in [2.75, 3.05) is 0 Å². The summed E-state index contributed by atoms with van der Waals surface area (Å²) in [7, 11) is 0. The fraction of sp³-hybridized carbons (Fsp3) is 0.500. The van der Waals surface area contributed by atoms with Crippen LogP contribution in [0.15, 0.2) is 24.3 Å². The van der Waals surface area contributed by atoms with Gasteiger partial charge in [-0.05, 0) is 44.0 Å². The summed E-state index contributed by atoms with van der Waals surface area (Å²) >= 11 is 0. The molecular formula is C14H20FNO2. The molecule has 0 unspecified atom stereocenters. The van der Waals surface area contributed by atoms with Crippen LogP contribution in [0.25, 0.3) is 0 Å². The van der Waals surface area contributed by atoms with Crippen molar-refractivity contribution in [1.82, 2.24) is 5.32 Å². The second kappa shape index (κ2) is 6.38. The Morgan fingerprint density at radius 2 is 1.72 bits per heavy atom. The molecule has 1 rings (SSSR count). The highest BCUT2D eigenvalue weighted by atomic mass is 19.1. The minimum Gasteiger partial charge on any atom is -0.481 e. The van der Waals surface area contributed by atoms with Gasteiger partial charge in [0.05, 0.1) is 0 Å². The molecule has 18 heavy (non-hydrogen) atoms. The molecule has 0 aromatic heterocycles. The number of amides is 1. The molecule has 0 saturated heterocycles. The summed E-state index contributed by atoms with van der Waals surface area (Å²) in [5.74, 6) is 0.358. The van der Waals surface area contributed by atoms with Crippen molar-refractivity contribution in [2.24, 2.45) is 5.92 Å². The molecule has 2 atom stereocenters. The molecule has 0 aliphatic carbocycles. The van der Waals surface area contributed by atoms with E-state index in [0.29, 0.717) is 11.7 Å². The lowest BCUT2D eigenvalue weighted by molar-refractivity contribution is -0.128. The molecule has 0 bridgehead atoms. The van der Waals surface area contributed by atoms with Crippen LogP contribution in [0.5, 0.6) is 5.75 Å². The normalized spacial score (nSPS) is 14.1. The Balaban J connectivity index is 2.52. The van der Waals surface area contributed by atoms with E-state index in [9.17, 15) is 9.18 Å². The average Bonchev–Trinajstić information content (AvgIpc) is 2.31. The Hall–Kier alpha value is -1.58. The van der Waals surface area contributed by atoms with E-state index in [1.165, 1.54) is 24.3 Å². The fourth-order valence-electron chi connectivity index (χ4n) is 1.28. The second-order valence-corrected chi connectivity index (χ2v) is 4.76. The average molecular weight is 253 g/mol. The summed E-state index contributed by atoms with van der Waals surface area (Å²) in [5, 5.41) is 2.87. The van der Waals surface area contributed by atoms with Crippen LogP contribution < -0.4 is 10.1 Å². The topological polar surface area (TPSA) is 38.3 Å². The SMILES string of the molecule is CC(C)[C@H](C)NC(=O)[C@@H](C)Oc1ccc(F)cc1. The first-order chi connectivity index (χ1) is 8.40. The van der Waals surface area contributed by atoms with E-state index in [4.69, 9.17) is 4.74 Å². The van der Waals surface area contributed by atoms with Gasteiger partial charge in [0.2, 0.25) is 0 Å². The first-order valence-corrected chi connectivity index (χ1v) is 6.12. The number of halogens is 1. The van der Waals surface area contributed by atoms with Gasteiger partial charge in [-0.1, -0.05) is 13.8 Å². The Kier molecular flexibility index (Phi) is 5.13. The van der Waals surface area contributed by atoms with E-state index in [2.05, 4.69) is 5.32 Å². The van der Waals surface area contributed by atoms with Gasteiger partial charge < -0.3 is 10.1 Å². The van der Waals surface area contributed by atoms with Crippen LogP contribution in [-0.2, 0) is 4.79 Å². The highest BCUT2D eigenvalue weighted by Gasteiger charge is 2.18. The molecule has 3 nitrogen and oxygen atoms in total. The van der Waals surface area contributed by atoms with Gasteiger partial charge in [0, 0.05) is 6.04 Å². The van der Waals surface area contributed by atoms with E-state index < -0.39 is 6.10 Å². The number of nitrogens with one attached hydrogen (secondary N) is 1. The molecule has 4 heteroatoms. The van der Waals surface area contributed by atoms with E-state index in [-0.39, 0.29) is 17.8 Å². The van der Waals surface area contributed by atoms with Gasteiger partial charge in [-0.2, -0.15) is 0 Å². The zero-order chi connectivity index (χ0) is 13.7. The third kappa shape index (κ3) is 4.35. The maximum Gasteiger partial charge on any atom is 0.260 e. The third-order valence-corrected chi connectivity index (χ3v) is 2.87. The summed E-state index contributed by atoms with van der Waals surface area (Å²) in [6, 6.07) is 5.71. The van der Waals surface area contributed by atoms with Crippen LogP contribution in [0.4, 0.5) is 4.39 Å². The number of hydrogen-bond acceptors (Lipinski definition) is 2. The predicted molar refractivity (Wildman–Crippen MR) is 68.9 cm³/mol. The predicted octanol–water partition coefficient (Wildman–Crippen LogP) is 2.75. The van der Waals surface area contributed by atoms with E-state index in [1.54, 1.807) is 6.92 Å². The highest BCUT2D eigenvalue weighted by Crippen LogP contribution is 2.13. The van der Waals surface area contributed by atoms with E-state index in [1.807, 2.05) is 20.8 Å². The number of carbonyl (C=O) groups excluding carboxylic acids is 1. The van der Waals surface area contributed by atoms with Gasteiger partial charge in [0.1, 0.15) is 11.6 Å². The van der Waals surface area contributed by atoms with Gasteiger partial charge in [0.15, 0.2) is 6.10 Å². The van der Waals surface area contributed by atoms with Crippen LogP contribution in [0.3, 0.4) is 0 Å². The van der Waals surface area contributed by atoms with Crippen LogP contribution >= 0.6 is 0 Å². The number of benzene rings is 1. The van der Waals surface area contributed by atoms with Gasteiger partial charge in [-0.25, -0.2) is 4.39 Å². The monoisotopic (exact) mass is 253 g/mol. The number of ether oxygens (including phenoxy) is 1. The van der Waals surface area contributed by atoms with Crippen LogP contribution in [0.2, 0.25) is 0 Å². The standard InChI is InChI=1S/C14H20FNO2/c1-9(2)10(3)16-14(17)11(4)18-13-7-5-12(15)6-8-13/h5-11H,1-4H3,(H,16,17)/t10-,11+/m0/s1. The maximum atomic E-state index is 12.7. The third-order valence-electron chi connectivity index (χ3n) is 2.87. The highest BCUT2D eigenvalue weighted by molar-refractivity contribution is 5.80. The number of hydrogen-bond donors (Lipinski definition) is 1. The summed E-state index contributed by atoms with van der Waals surface area (Å²) in [6.07, 6.45) is -0.600. The quantitative estimate of drug-likeness (QED) is 0.876. The smallest absolute Gasteiger partial charge is 0.260 e. The van der Waals surface area contributed by atoms with Crippen molar-refractivity contribution < 1.29 is 13.9 Å². The first kappa shape index (κ1) is 14.5. The lowest BCUT2D eigenvalue weighted by Gasteiger charge is -2.21. The van der Waals surface area contributed by atoms with Crippen molar-refractivity contribution >= 4 is 5.91 Å². The Bertz CT molecular complexity index is 389. The van der Waals surface area contributed by atoms with Crippen molar-refractivity contribution in [3.63, 3.8) is 0 Å². The summed E-state index contributed by atoms with van der Waals surface area (Å²) in [5.41, 5.74) is 0. The summed E-state index contributed by atoms with van der Waals surface area (Å²) in [6.45, 7) is 7.70. The maximum absolute atomic E-state index is 12.7. The molecule has 1 aromatic carbocycles. The van der Waals surface area contributed by atoms with Crippen LogP contribution in [0.1, 0.15) is 27.7 Å². The van der Waals surface area contributed by atoms with Crippen molar-refractivity contribution in [3.8, 4) is 5.75 Å². The fourth-order valence-corrected chi connectivity index (χ4v) is 1.28. The molecule has 0 aliphatic heterocycles. The van der Waals surface area contributed by atoms with Gasteiger partial charge in [-0.15, -0.1) is 0 Å². The van der Waals surface area contributed by atoms with Gasteiger partial charge >= 0.3 is 0 Å².